The zero-order valence-corrected chi connectivity index (χ0v) is 15.5. The van der Waals surface area contributed by atoms with Gasteiger partial charge in [-0.15, -0.1) is 0 Å². The van der Waals surface area contributed by atoms with Crippen LogP contribution in [-0.4, -0.2) is 30.1 Å². The molecule has 0 N–H and O–H groups in total. The molecule has 0 aromatic heterocycles. The SMILES string of the molecule is COc1cc(C(=S)N2CCCC2)cc(Cl)c1OCc1ccc(F)cc1. The van der Waals surface area contributed by atoms with Gasteiger partial charge in [-0.25, -0.2) is 4.39 Å². The Kier molecular flexibility index (Phi) is 5.76. The Hall–Kier alpha value is -1.85. The van der Waals surface area contributed by atoms with Crippen molar-refractivity contribution in [3.8, 4) is 11.5 Å². The van der Waals surface area contributed by atoms with E-state index in [0.29, 0.717) is 16.5 Å². The molecule has 0 atom stereocenters. The molecule has 0 unspecified atom stereocenters. The van der Waals surface area contributed by atoms with Crippen LogP contribution in [-0.2, 0) is 6.61 Å². The molecule has 1 saturated heterocycles. The normalized spacial score (nSPS) is 13.8. The molecule has 1 fully saturated rings. The standard InChI is InChI=1S/C19H19ClFNO2S/c1-23-17-11-14(19(25)22-8-2-3-9-22)10-16(20)18(17)24-12-13-4-6-15(21)7-5-13/h4-7,10-11H,2-3,8-9,12H2,1H3. The molecule has 1 heterocycles. The van der Waals surface area contributed by atoms with Crippen LogP contribution in [0.25, 0.3) is 0 Å². The number of ether oxygens (including phenoxy) is 2. The van der Waals surface area contributed by atoms with Crippen molar-refractivity contribution in [2.45, 2.75) is 19.4 Å². The minimum Gasteiger partial charge on any atom is -0.493 e. The molecule has 3 rings (SSSR count). The average molecular weight is 380 g/mol. The minimum absolute atomic E-state index is 0.270. The molecule has 0 saturated carbocycles. The molecule has 0 aliphatic carbocycles. The third-order valence-electron chi connectivity index (χ3n) is 4.17. The van der Waals surface area contributed by atoms with Gasteiger partial charge in [0, 0.05) is 18.7 Å². The van der Waals surface area contributed by atoms with Gasteiger partial charge in [0.05, 0.1) is 12.1 Å². The number of likely N-dealkylation sites (tertiary alicyclic amines) is 1. The van der Waals surface area contributed by atoms with Gasteiger partial charge >= 0.3 is 0 Å². The van der Waals surface area contributed by atoms with Gasteiger partial charge in [-0.1, -0.05) is 36.0 Å². The van der Waals surface area contributed by atoms with E-state index in [2.05, 4.69) is 4.90 Å². The molecule has 25 heavy (non-hydrogen) atoms. The van der Waals surface area contributed by atoms with Crippen molar-refractivity contribution in [2.75, 3.05) is 20.2 Å². The molecule has 0 bridgehead atoms. The summed E-state index contributed by atoms with van der Waals surface area (Å²) in [6.07, 6.45) is 2.31. The lowest BCUT2D eigenvalue weighted by molar-refractivity contribution is 0.284. The van der Waals surface area contributed by atoms with Crippen LogP contribution in [0.1, 0.15) is 24.0 Å². The summed E-state index contributed by atoms with van der Waals surface area (Å²) < 4.78 is 24.2. The molecule has 2 aromatic carbocycles. The van der Waals surface area contributed by atoms with Gasteiger partial charge < -0.3 is 14.4 Å². The first-order chi connectivity index (χ1) is 12.1. The van der Waals surface area contributed by atoms with E-state index in [4.69, 9.17) is 33.3 Å². The van der Waals surface area contributed by atoms with Crippen molar-refractivity contribution in [1.82, 2.24) is 4.90 Å². The summed E-state index contributed by atoms with van der Waals surface area (Å²) >= 11 is 12.0. The zero-order chi connectivity index (χ0) is 17.8. The maximum Gasteiger partial charge on any atom is 0.180 e. The highest BCUT2D eigenvalue weighted by molar-refractivity contribution is 7.80. The van der Waals surface area contributed by atoms with Gasteiger partial charge in [-0.3, -0.25) is 0 Å². The number of benzene rings is 2. The molecule has 0 spiro atoms. The number of thiocarbonyl (C=S) groups is 1. The number of halogens is 2. The van der Waals surface area contributed by atoms with Crippen LogP contribution < -0.4 is 9.47 Å². The Morgan fingerprint density at radius 2 is 1.88 bits per heavy atom. The van der Waals surface area contributed by atoms with E-state index in [1.54, 1.807) is 19.2 Å². The van der Waals surface area contributed by atoms with Crippen LogP contribution in [0, 0.1) is 5.82 Å². The maximum atomic E-state index is 13.0. The fourth-order valence-electron chi connectivity index (χ4n) is 2.82. The number of methoxy groups -OCH3 is 1. The molecule has 132 valence electrons. The van der Waals surface area contributed by atoms with Crippen molar-refractivity contribution in [3.05, 3.63) is 58.4 Å². The van der Waals surface area contributed by atoms with Crippen LogP contribution in [0.2, 0.25) is 5.02 Å². The van der Waals surface area contributed by atoms with Gasteiger partial charge in [0.1, 0.15) is 17.4 Å². The van der Waals surface area contributed by atoms with Gasteiger partial charge in [0.25, 0.3) is 0 Å². The van der Waals surface area contributed by atoms with Gasteiger partial charge in [-0.2, -0.15) is 0 Å². The smallest absolute Gasteiger partial charge is 0.180 e. The van der Waals surface area contributed by atoms with Crippen molar-refractivity contribution >= 4 is 28.8 Å². The second-order valence-electron chi connectivity index (χ2n) is 5.90. The first-order valence-electron chi connectivity index (χ1n) is 8.12. The topological polar surface area (TPSA) is 21.7 Å². The highest BCUT2D eigenvalue weighted by atomic mass is 35.5. The second-order valence-corrected chi connectivity index (χ2v) is 6.70. The van der Waals surface area contributed by atoms with Crippen molar-refractivity contribution in [1.29, 1.82) is 0 Å². The van der Waals surface area contributed by atoms with E-state index < -0.39 is 0 Å². The number of nitrogens with zero attached hydrogens (tertiary/aromatic N) is 1. The van der Waals surface area contributed by atoms with Crippen molar-refractivity contribution in [2.24, 2.45) is 0 Å². The number of rotatable bonds is 5. The summed E-state index contributed by atoms with van der Waals surface area (Å²) in [6, 6.07) is 9.81. The van der Waals surface area contributed by atoms with Crippen molar-refractivity contribution < 1.29 is 13.9 Å². The lowest BCUT2D eigenvalue weighted by Gasteiger charge is -2.20. The highest BCUT2D eigenvalue weighted by Gasteiger charge is 2.20. The molecule has 1 aliphatic heterocycles. The zero-order valence-electron chi connectivity index (χ0n) is 13.9. The van der Waals surface area contributed by atoms with E-state index in [-0.39, 0.29) is 12.4 Å². The molecular weight excluding hydrogens is 361 g/mol. The first kappa shape index (κ1) is 18.0. The summed E-state index contributed by atoms with van der Waals surface area (Å²) in [4.78, 5) is 2.96. The average Bonchev–Trinajstić information content (AvgIpc) is 3.15. The van der Waals surface area contributed by atoms with E-state index in [1.807, 2.05) is 12.1 Å². The van der Waals surface area contributed by atoms with Crippen molar-refractivity contribution in [3.63, 3.8) is 0 Å². The Morgan fingerprint density at radius 1 is 1.20 bits per heavy atom. The Labute approximate surface area is 157 Å². The van der Waals surface area contributed by atoms with E-state index >= 15 is 0 Å². The molecular formula is C19H19ClFNO2S. The first-order valence-corrected chi connectivity index (χ1v) is 8.91. The predicted octanol–water partition coefficient (Wildman–Crippen LogP) is 4.84. The van der Waals surface area contributed by atoms with E-state index in [0.717, 1.165) is 42.0 Å². The lowest BCUT2D eigenvalue weighted by Crippen LogP contribution is -2.26. The third kappa shape index (κ3) is 4.22. The van der Waals surface area contributed by atoms with E-state index in [1.165, 1.54) is 12.1 Å². The molecule has 2 aromatic rings. The van der Waals surface area contributed by atoms with Crippen LogP contribution >= 0.6 is 23.8 Å². The molecule has 0 amide bonds. The maximum absolute atomic E-state index is 13.0. The quantitative estimate of drug-likeness (QED) is 0.693. The Morgan fingerprint density at radius 3 is 2.52 bits per heavy atom. The molecule has 3 nitrogen and oxygen atoms in total. The fraction of sp³-hybridized carbons (Fsp3) is 0.316. The summed E-state index contributed by atoms with van der Waals surface area (Å²) in [5.41, 5.74) is 1.70. The summed E-state index contributed by atoms with van der Waals surface area (Å²) in [5, 5.41) is 0.443. The minimum atomic E-state index is -0.279. The summed E-state index contributed by atoms with van der Waals surface area (Å²) in [5.74, 6) is 0.715. The highest BCUT2D eigenvalue weighted by Crippen LogP contribution is 2.37. The second kappa shape index (κ2) is 8.02. The molecule has 6 heteroatoms. The number of hydrogen-bond acceptors (Lipinski definition) is 3. The Balaban J connectivity index is 1.79. The summed E-state index contributed by atoms with van der Waals surface area (Å²) in [7, 11) is 1.57. The monoisotopic (exact) mass is 379 g/mol. The van der Waals surface area contributed by atoms with E-state index in [9.17, 15) is 4.39 Å². The van der Waals surface area contributed by atoms with Crippen LogP contribution in [0.3, 0.4) is 0 Å². The molecule has 0 radical (unpaired) electrons. The van der Waals surface area contributed by atoms with Crippen LogP contribution in [0.15, 0.2) is 36.4 Å². The summed E-state index contributed by atoms with van der Waals surface area (Å²) in [6.45, 7) is 2.22. The van der Waals surface area contributed by atoms with Crippen LogP contribution in [0.5, 0.6) is 11.5 Å². The van der Waals surface area contributed by atoms with Gasteiger partial charge in [0.2, 0.25) is 0 Å². The number of hydrogen-bond donors (Lipinski definition) is 0. The lowest BCUT2D eigenvalue weighted by atomic mass is 10.2. The third-order valence-corrected chi connectivity index (χ3v) is 4.94. The van der Waals surface area contributed by atoms with Crippen LogP contribution in [0.4, 0.5) is 4.39 Å². The largest absolute Gasteiger partial charge is 0.493 e. The fourth-order valence-corrected chi connectivity index (χ4v) is 3.39. The molecule has 1 aliphatic rings. The Bertz CT molecular complexity index is 761. The predicted molar refractivity (Wildman–Crippen MR) is 101 cm³/mol. The van der Waals surface area contributed by atoms with Gasteiger partial charge in [0.15, 0.2) is 11.5 Å². The van der Waals surface area contributed by atoms with Gasteiger partial charge in [-0.05, 0) is 42.7 Å².